The van der Waals surface area contributed by atoms with Gasteiger partial charge in [0.25, 0.3) is 5.56 Å². The van der Waals surface area contributed by atoms with Crippen LogP contribution in [0, 0.1) is 0 Å². The van der Waals surface area contributed by atoms with Gasteiger partial charge in [0, 0.05) is 24.2 Å². The number of hydrogen-bond acceptors (Lipinski definition) is 3. The minimum Gasteiger partial charge on any atom is -0.326 e. The van der Waals surface area contributed by atoms with Gasteiger partial charge in [0.05, 0.1) is 10.9 Å². The van der Waals surface area contributed by atoms with Crippen molar-refractivity contribution in [3.8, 4) is 0 Å². The minimum absolute atomic E-state index is 0.0360. The third-order valence-corrected chi connectivity index (χ3v) is 4.62. The summed E-state index contributed by atoms with van der Waals surface area (Å²) >= 11 is 6.05. The van der Waals surface area contributed by atoms with Gasteiger partial charge in [-0.05, 0) is 54.0 Å². The predicted molar refractivity (Wildman–Crippen MR) is 104 cm³/mol. The number of hydrogen-bond donors (Lipinski definition) is 1. The number of aromatic nitrogens is 2. The van der Waals surface area contributed by atoms with Gasteiger partial charge in [-0.1, -0.05) is 23.7 Å². The van der Waals surface area contributed by atoms with Gasteiger partial charge in [0.2, 0.25) is 5.91 Å². The summed E-state index contributed by atoms with van der Waals surface area (Å²) in [4.78, 5) is 28.5. The molecular formula is C20H16ClN3O2. The average Bonchev–Trinajstić information content (AvgIpc) is 2.99. The predicted octanol–water partition coefficient (Wildman–Crippen LogP) is 3.95. The van der Waals surface area contributed by atoms with Crippen LogP contribution in [0.5, 0.6) is 0 Å². The van der Waals surface area contributed by atoms with Crippen molar-refractivity contribution in [2.24, 2.45) is 0 Å². The highest BCUT2D eigenvalue weighted by Crippen LogP contribution is 2.28. The Kier molecular flexibility index (Phi) is 4.09. The normalized spacial score (nSPS) is 14.6. The van der Waals surface area contributed by atoms with Crippen molar-refractivity contribution in [1.82, 2.24) is 9.55 Å². The van der Waals surface area contributed by atoms with E-state index in [1.165, 1.54) is 6.92 Å². The molecule has 1 aliphatic heterocycles. The van der Waals surface area contributed by atoms with Crippen LogP contribution in [0.2, 0.25) is 5.02 Å². The number of benzene rings is 2. The summed E-state index contributed by atoms with van der Waals surface area (Å²) in [7, 11) is 0. The Hall–Kier alpha value is -2.92. The number of anilines is 1. The number of carbonyl (C=O) groups excluding carboxylic acids is 1. The molecule has 2 aromatic carbocycles. The van der Waals surface area contributed by atoms with Crippen LogP contribution in [0.15, 0.2) is 47.3 Å². The molecule has 0 spiro atoms. The van der Waals surface area contributed by atoms with Crippen LogP contribution in [-0.4, -0.2) is 15.5 Å². The summed E-state index contributed by atoms with van der Waals surface area (Å²) in [5.74, 6) is 0.589. The molecule has 0 unspecified atom stereocenters. The summed E-state index contributed by atoms with van der Waals surface area (Å²) in [6.45, 7) is 2.10. The number of halogens is 1. The summed E-state index contributed by atoms with van der Waals surface area (Å²) in [5.41, 5.74) is 3.33. The Morgan fingerprint density at radius 2 is 2.00 bits per heavy atom. The maximum Gasteiger partial charge on any atom is 0.261 e. The Bertz CT molecular complexity index is 1110. The van der Waals surface area contributed by atoms with E-state index in [4.69, 9.17) is 11.6 Å². The number of nitrogens with zero attached hydrogens (tertiary/aromatic N) is 2. The number of nitrogens with one attached hydrogen (secondary N) is 1. The molecule has 0 radical (unpaired) electrons. The lowest BCUT2D eigenvalue weighted by atomic mass is 10.1. The third-order valence-electron chi connectivity index (χ3n) is 4.38. The Morgan fingerprint density at radius 3 is 2.73 bits per heavy atom. The topological polar surface area (TPSA) is 64.0 Å². The fourth-order valence-electron chi connectivity index (χ4n) is 3.19. The minimum atomic E-state index is -0.102. The number of fused-ring (bicyclic) bond motifs is 2. The highest BCUT2D eigenvalue weighted by atomic mass is 35.5. The molecule has 2 heterocycles. The van der Waals surface area contributed by atoms with E-state index in [2.05, 4.69) is 10.3 Å². The molecule has 6 heteroatoms. The number of carbonyl (C=O) groups is 1. The molecule has 0 fully saturated rings. The number of rotatable bonds is 2. The summed E-state index contributed by atoms with van der Waals surface area (Å²) in [6.07, 6.45) is 2.78. The van der Waals surface area contributed by atoms with E-state index in [0.29, 0.717) is 28.3 Å². The van der Waals surface area contributed by atoms with Crippen LogP contribution in [0.25, 0.3) is 22.6 Å². The SMILES string of the molecule is CC(=O)Nc1ccc(C=C2CCn3c2nc2cc(Cl)ccc2c3=O)cc1. The molecular weight excluding hydrogens is 350 g/mol. The lowest BCUT2D eigenvalue weighted by Crippen LogP contribution is -2.20. The zero-order valence-electron chi connectivity index (χ0n) is 14.1. The fourth-order valence-corrected chi connectivity index (χ4v) is 3.36. The molecule has 1 aliphatic rings. The third kappa shape index (κ3) is 3.02. The molecule has 1 aromatic heterocycles. The zero-order chi connectivity index (χ0) is 18.3. The lowest BCUT2D eigenvalue weighted by Gasteiger charge is -2.06. The number of amides is 1. The molecule has 4 rings (SSSR count). The van der Waals surface area contributed by atoms with Crippen molar-refractivity contribution >= 4 is 45.7 Å². The zero-order valence-corrected chi connectivity index (χ0v) is 14.9. The highest BCUT2D eigenvalue weighted by molar-refractivity contribution is 6.31. The molecule has 1 N–H and O–H groups in total. The standard InChI is InChI=1S/C20H16ClN3O2/c1-12(25)22-16-5-2-13(3-6-16)10-14-8-9-24-19(14)23-18-11-15(21)4-7-17(18)20(24)26/h2-7,10-11H,8-9H2,1H3,(H,22,25). The van der Waals surface area contributed by atoms with Crippen molar-refractivity contribution in [1.29, 1.82) is 0 Å². The van der Waals surface area contributed by atoms with Crippen molar-refractivity contribution in [2.75, 3.05) is 5.32 Å². The molecule has 0 aliphatic carbocycles. The summed E-state index contributed by atoms with van der Waals surface area (Å²) in [6, 6.07) is 12.7. The van der Waals surface area contributed by atoms with Crippen molar-refractivity contribution < 1.29 is 4.79 Å². The van der Waals surface area contributed by atoms with Crippen molar-refractivity contribution in [2.45, 2.75) is 19.9 Å². The van der Waals surface area contributed by atoms with Gasteiger partial charge < -0.3 is 5.32 Å². The largest absolute Gasteiger partial charge is 0.326 e. The molecule has 3 aromatic rings. The fraction of sp³-hybridized carbons (Fsp3) is 0.150. The van der Waals surface area contributed by atoms with Crippen LogP contribution < -0.4 is 10.9 Å². The van der Waals surface area contributed by atoms with Gasteiger partial charge in [-0.15, -0.1) is 0 Å². The highest BCUT2D eigenvalue weighted by Gasteiger charge is 2.20. The number of allylic oxidation sites excluding steroid dienone is 1. The average molecular weight is 366 g/mol. The van der Waals surface area contributed by atoms with E-state index in [0.717, 1.165) is 23.2 Å². The van der Waals surface area contributed by atoms with Crippen molar-refractivity contribution in [3.05, 3.63) is 69.2 Å². The quantitative estimate of drug-likeness (QED) is 0.747. The molecule has 5 nitrogen and oxygen atoms in total. The van der Waals surface area contributed by atoms with Crippen molar-refractivity contribution in [3.63, 3.8) is 0 Å². The second-order valence-corrected chi connectivity index (χ2v) is 6.71. The maximum atomic E-state index is 12.7. The lowest BCUT2D eigenvalue weighted by molar-refractivity contribution is -0.114. The molecule has 130 valence electrons. The van der Waals surface area contributed by atoms with Crippen LogP contribution in [0.3, 0.4) is 0 Å². The second kappa shape index (κ2) is 6.42. The van der Waals surface area contributed by atoms with Gasteiger partial charge in [0.15, 0.2) is 0 Å². The van der Waals surface area contributed by atoms with Gasteiger partial charge in [-0.3, -0.25) is 14.2 Å². The van der Waals surface area contributed by atoms with E-state index in [1.54, 1.807) is 22.8 Å². The van der Waals surface area contributed by atoms with E-state index in [9.17, 15) is 9.59 Å². The Morgan fingerprint density at radius 1 is 1.23 bits per heavy atom. The molecule has 0 saturated carbocycles. The maximum absolute atomic E-state index is 12.7. The monoisotopic (exact) mass is 365 g/mol. The smallest absolute Gasteiger partial charge is 0.261 e. The van der Waals surface area contributed by atoms with Gasteiger partial charge in [-0.25, -0.2) is 4.98 Å². The first-order valence-corrected chi connectivity index (χ1v) is 8.68. The van der Waals surface area contributed by atoms with E-state index in [-0.39, 0.29) is 11.5 Å². The Labute approximate surface area is 154 Å². The first-order valence-electron chi connectivity index (χ1n) is 8.30. The summed E-state index contributed by atoms with van der Waals surface area (Å²) < 4.78 is 1.72. The van der Waals surface area contributed by atoms with Gasteiger partial charge >= 0.3 is 0 Å². The van der Waals surface area contributed by atoms with Crippen LogP contribution in [-0.2, 0) is 11.3 Å². The Balaban J connectivity index is 1.75. The van der Waals surface area contributed by atoms with Crippen LogP contribution in [0.1, 0.15) is 24.7 Å². The van der Waals surface area contributed by atoms with Crippen LogP contribution in [0.4, 0.5) is 5.69 Å². The van der Waals surface area contributed by atoms with E-state index < -0.39 is 0 Å². The van der Waals surface area contributed by atoms with Gasteiger partial charge in [0.1, 0.15) is 5.82 Å². The van der Waals surface area contributed by atoms with Gasteiger partial charge in [-0.2, -0.15) is 0 Å². The van der Waals surface area contributed by atoms with Crippen LogP contribution >= 0.6 is 11.6 Å². The first-order chi connectivity index (χ1) is 12.5. The first kappa shape index (κ1) is 16.5. The van der Waals surface area contributed by atoms with E-state index in [1.807, 2.05) is 30.3 Å². The van der Waals surface area contributed by atoms with E-state index >= 15 is 0 Å². The summed E-state index contributed by atoms with van der Waals surface area (Å²) in [5, 5.41) is 3.89. The second-order valence-electron chi connectivity index (χ2n) is 6.28. The molecule has 0 bridgehead atoms. The molecule has 1 amide bonds. The molecule has 0 saturated heterocycles. The molecule has 0 atom stereocenters. The molecule has 26 heavy (non-hydrogen) atoms.